The van der Waals surface area contributed by atoms with Crippen molar-refractivity contribution in [3.63, 3.8) is 0 Å². The Balaban J connectivity index is 3.84. The molecule has 0 spiro atoms. The lowest BCUT2D eigenvalue weighted by Crippen LogP contribution is -2.29. The molecule has 2 N–H and O–H groups in total. The summed E-state index contributed by atoms with van der Waals surface area (Å²) in [7, 11) is -4.75. The van der Waals surface area contributed by atoms with Gasteiger partial charge in [0.15, 0.2) is 6.10 Å². The number of allylic oxidation sites excluding steroid dienone is 4. The van der Waals surface area contributed by atoms with Gasteiger partial charge in [0.05, 0.1) is 6.61 Å². The molecule has 0 unspecified atom stereocenters. The average molecular weight is 799 g/mol. The van der Waals surface area contributed by atoms with E-state index in [2.05, 4.69) is 42.7 Å². The fraction of sp³-hybridized carbons (Fsp3) is 0.870. The summed E-state index contributed by atoms with van der Waals surface area (Å²) in [5.74, 6) is -0.877. The van der Waals surface area contributed by atoms with Gasteiger partial charge in [-0.05, 0) is 44.9 Å². The van der Waals surface area contributed by atoms with Gasteiger partial charge >= 0.3 is 19.8 Å². The van der Waals surface area contributed by atoms with E-state index < -0.39 is 32.5 Å². The minimum atomic E-state index is -4.75. The molecule has 0 heterocycles. The van der Waals surface area contributed by atoms with Gasteiger partial charge in [0, 0.05) is 12.8 Å². The zero-order valence-electron chi connectivity index (χ0n) is 35.8. The molecule has 0 aliphatic carbocycles. The molecule has 0 radical (unpaired) electrons. The maximum Gasteiger partial charge on any atom is 0.469 e. The molecule has 0 aliphatic rings. The van der Waals surface area contributed by atoms with Crippen molar-refractivity contribution in [1.82, 2.24) is 0 Å². The third kappa shape index (κ3) is 45.1. The average Bonchev–Trinajstić information content (AvgIpc) is 3.16. The Morgan fingerprint density at radius 3 is 1.24 bits per heavy atom. The molecular formula is C46H87O8P. The lowest BCUT2D eigenvalue weighted by Gasteiger charge is -2.18. The van der Waals surface area contributed by atoms with E-state index in [1.165, 1.54) is 154 Å². The van der Waals surface area contributed by atoms with Gasteiger partial charge in [-0.2, -0.15) is 0 Å². The first kappa shape index (κ1) is 53.5. The van der Waals surface area contributed by atoms with Crippen molar-refractivity contribution in [3.8, 4) is 0 Å². The molecule has 0 bridgehead atoms. The summed E-state index contributed by atoms with van der Waals surface area (Å²) < 4.78 is 26.5. The van der Waals surface area contributed by atoms with Crippen molar-refractivity contribution in [2.24, 2.45) is 0 Å². The topological polar surface area (TPSA) is 119 Å². The number of unbranched alkanes of at least 4 members (excludes halogenated alkanes) is 29. The summed E-state index contributed by atoms with van der Waals surface area (Å²) in [5, 5.41) is 0. The molecule has 0 rings (SSSR count). The van der Waals surface area contributed by atoms with Crippen LogP contribution in [0.5, 0.6) is 0 Å². The van der Waals surface area contributed by atoms with Crippen LogP contribution in [0, 0.1) is 0 Å². The molecule has 0 aromatic rings. The number of phosphoric acid groups is 1. The molecule has 0 saturated heterocycles. The number of carbonyl (C=O) groups is 2. The molecule has 324 valence electrons. The molecule has 9 heteroatoms. The van der Waals surface area contributed by atoms with E-state index in [1.54, 1.807) is 0 Å². The van der Waals surface area contributed by atoms with Gasteiger partial charge in [-0.15, -0.1) is 0 Å². The Morgan fingerprint density at radius 2 is 0.818 bits per heavy atom. The first-order valence-electron chi connectivity index (χ1n) is 23.1. The number of ether oxygens (including phenoxy) is 2. The van der Waals surface area contributed by atoms with E-state index in [0.717, 1.165) is 51.4 Å². The fourth-order valence-corrected chi connectivity index (χ4v) is 7.12. The zero-order chi connectivity index (χ0) is 40.3. The van der Waals surface area contributed by atoms with Crippen LogP contribution in [-0.2, 0) is 28.2 Å². The van der Waals surface area contributed by atoms with E-state index in [1.807, 2.05) is 0 Å². The van der Waals surface area contributed by atoms with E-state index >= 15 is 0 Å². The third-order valence-electron chi connectivity index (χ3n) is 10.2. The van der Waals surface area contributed by atoms with Gasteiger partial charge in [-0.1, -0.05) is 205 Å². The van der Waals surface area contributed by atoms with Gasteiger partial charge in [-0.3, -0.25) is 14.1 Å². The van der Waals surface area contributed by atoms with Gasteiger partial charge in [0.1, 0.15) is 6.61 Å². The number of hydrogen-bond acceptors (Lipinski definition) is 6. The number of rotatable bonds is 43. The second kappa shape index (κ2) is 42.1. The van der Waals surface area contributed by atoms with Crippen molar-refractivity contribution in [3.05, 3.63) is 24.3 Å². The van der Waals surface area contributed by atoms with Gasteiger partial charge in [-0.25, -0.2) is 4.57 Å². The fourth-order valence-electron chi connectivity index (χ4n) is 6.76. The largest absolute Gasteiger partial charge is 0.469 e. The second-order valence-corrected chi connectivity index (χ2v) is 17.0. The Hall–Kier alpha value is -1.47. The van der Waals surface area contributed by atoms with E-state index in [4.69, 9.17) is 19.3 Å². The molecule has 0 fully saturated rings. The van der Waals surface area contributed by atoms with Crippen molar-refractivity contribution in [1.29, 1.82) is 0 Å². The van der Waals surface area contributed by atoms with Crippen LogP contribution in [0.1, 0.15) is 239 Å². The summed E-state index contributed by atoms with van der Waals surface area (Å²) in [6.07, 6.45) is 49.0. The standard InChI is InChI=1S/C46H87O8P/c1-3-5-7-9-11-13-15-17-19-21-23-25-26-28-30-32-34-36-38-40-45(47)52-42-44(43-53-55(49,50)51)54-46(48)41-39-37-35-33-31-29-27-24-22-20-18-16-14-12-10-8-6-4-2/h11,13,17,19,44H,3-10,12,14-16,18,20-43H2,1-2H3,(H2,49,50,51)/b13-11-,19-17-/t44-/m1/s1. The van der Waals surface area contributed by atoms with Crippen LogP contribution in [0.3, 0.4) is 0 Å². The van der Waals surface area contributed by atoms with Crippen LogP contribution >= 0.6 is 7.82 Å². The molecule has 55 heavy (non-hydrogen) atoms. The summed E-state index contributed by atoms with van der Waals surface area (Å²) in [5.41, 5.74) is 0. The summed E-state index contributed by atoms with van der Waals surface area (Å²) in [4.78, 5) is 43.0. The monoisotopic (exact) mass is 799 g/mol. The van der Waals surface area contributed by atoms with E-state index in [0.29, 0.717) is 6.42 Å². The van der Waals surface area contributed by atoms with Gasteiger partial charge in [0.2, 0.25) is 0 Å². The normalized spacial score (nSPS) is 12.6. The minimum Gasteiger partial charge on any atom is -0.462 e. The first-order chi connectivity index (χ1) is 26.8. The quantitative estimate of drug-likeness (QED) is 0.0271. The zero-order valence-corrected chi connectivity index (χ0v) is 36.7. The predicted octanol–water partition coefficient (Wildman–Crippen LogP) is 14.4. The Labute approximate surface area is 339 Å². The third-order valence-corrected chi connectivity index (χ3v) is 10.7. The smallest absolute Gasteiger partial charge is 0.462 e. The Morgan fingerprint density at radius 1 is 0.473 bits per heavy atom. The summed E-state index contributed by atoms with van der Waals surface area (Å²) in [6, 6.07) is 0. The van der Waals surface area contributed by atoms with Gasteiger partial charge < -0.3 is 19.3 Å². The Bertz CT molecular complexity index is 946. The molecule has 0 aliphatic heterocycles. The highest BCUT2D eigenvalue weighted by atomic mass is 31.2. The van der Waals surface area contributed by atoms with E-state index in [-0.39, 0.29) is 19.4 Å². The van der Waals surface area contributed by atoms with Crippen molar-refractivity contribution in [2.45, 2.75) is 245 Å². The highest BCUT2D eigenvalue weighted by Crippen LogP contribution is 2.36. The number of hydrogen-bond donors (Lipinski definition) is 2. The first-order valence-corrected chi connectivity index (χ1v) is 24.7. The van der Waals surface area contributed by atoms with Crippen molar-refractivity contribution in [2.75, 3.05) is 13.2 Å². The van der Waals surface area contributed by atoms with Crippen LogP contribution in [0.4, 0.5) is 0 Å². The predicted molar refractivity (Wildman–Crippen MR) is 230 cm³/mol. The lowest BCUT2D eigenvalue weighted by molar-refractivity contribution is -0.161. The van der Waals surface area contributed by atoms with E-state index in [9.17, 15) is 14.2 Å². The second-order valence-electron chi connectivity index (χ2n) is 15.7. The maximum atomic E-state index is 12.4. The van der Waals surface area contributed by atoms with Crippen LogP contribution in [0.25, 0.3) is 0 Å². The molecule has 8 nitrogen and oxygen atoms in total. The minimum absolute atomic E-state index is 0.216. The highest BCUT2D eigenvalue weighted by Gasteiger charge is 2.23. The van der Waals surface area contributed by atoms with Crippen LogP contribution in [0.15, 0.2) is 24.3 Å². The molecular weight excluding hydrogens is 711 g/mol. The summed E-state index contributed by atoms with van der Waals surface area (Å²) in [6.45, 7) is 3.69. The van der Waals surface area contributed by atoms with Crippen LogP contribution < -0.4 is 0 Å². The highest BCUT2D eigenvalue weighted by molar-refractivity contribution is 7.46. The summed E-state index contributed by atoms with van der Waals surface area (Å²) >= 11 is 0. The molecule has 0 saturated carbocycles. The van der Waals surface area contributed by atoms with Crippen LogP contribution in [0.2, 0.25) is 0 Å². The molecule has 0 aromatic heterocycles. The van der Waals surface area contributed by atoms with Gasteiger partial charge in [0.25, 0.3) is 0 Å². The Kier molecular flexibility index (Phi) is 41.0. The molecule has 1 atom stereocenters. The van der Waals surface area contributed by atoms with Crippen LogP contribution in [-0.4, -0.2) is 41.0 Å². The van der Waals surface area contributed by atoms with Crippen molar-refractivity contribution >= 4 is 19.8 Å². The maximum absolute atomic E-state index is 12.4. The molecule has 0 amide bonds. The molecule has 0 aromatic carbocycles. The SMILES string of the molecule is CCCCC/C=C\C/C=C\CCCCCCCCCCCC(=O)OC[C@H](COP(=O)(O)O)OC(=O)CCCCCCCCCCCCCCCCCCCC. The number of carbonyl (C=O) groups excluding carboxylic acids is 2. The number of esters is 2. The lowest BCUT2D eigenvalue weighted by atomic mass is 10.0. The number of phosphoric ester groups is 1. The van der Waals surface area contributed by atoms with Crippen molar-refractivity contribution < 1.29 is 37.9 Å².